The first-order chi connectivity index (χ1) is 18.9. The monoisotopic (exact) mass is 524 g/mol. The van der Waals surface area contributed by atoms with E-state index in [-0.39, 0.29) is 17.2 Å². The molecule has 2 aromatic heterocycles. The maximum absolute atomic E-state index is 14.1. The molecule has 0 aliphatic heterocycles. The summed E-state index contributed by atoms with van der Waals surface area (Å²) in [5, 5.41) is 7.34. The Balaban J connectivity index is 1.44. The van der Waals surface area contributed by atoms with Crippen LogP contribution in [0.4, 0.5) is 0 Å². The number of benzene rings is 2. The Kier molecular flexibility index (Phi) is 7.68. The number of nitrogens with one attached hydrogen (secondary N) is 3. The minimum atomic E-state index is -1.22. The van der Waals surface area contributed by atoms with E-state index in [4.69, 9.17) is 4.74 Å². The van der Waals surface area contributed by atoms with Gasteiger partial charge in [-0.2, -0.15) is 0 Å². The van der Waals surface area contributed by atoms with Crippen LogP contribution in [0.3, 0.4) is 0 Å². The van der Waals surface area contributed by atoms with Crippen molar-refractivity contribution < 1.29 is 14.3 Å². The van der Waals surface area contributed by atoms with E-state index in [2.05, 4.69) is 26.7 Å². The highest BCUT2D eigenvalue weighted by Crippen LogP contribution is 2.38. The van der Waals surface area contributed by atoms with Crippen molar-refractivity contribution >= 4 is 22.7 Å². The number of methoxy groups -OCH3 is 1. The molecule has 3 N–H and O–H groups in total. The number of ether oxygens (including phenoxy) is 1. The van der Waals surface area contributed by atoms with E-state index in [1.807, 2.05) is 54.9 Å². The van der Waals surface area contributed by atoms with Crippen molar-refractivity contribution in [2.45, 2.75) is 56.4 Å². The fraction of sp³-hybridized carbons (Fsp3) is 0.344. The van der Waals surface area contributed by atoms with Gasteiger partial charge in [0, 0.05) is 47.4 Å². The summed E-state index contributed by atoms with van der Waals surface area (Å²) in [7, 11) is 1.53. The fourth-order valence-corrected chi connectivity index (χ4v) is 5.86. The van der Waals surface area contributed by atoms with E-state index in [1.165, 1.54) is 13.5 Å². The average Bonchev–Trinajstić information content (AvgIpc) is 3.39. The van der Waals surface area contributed by atoms with Crippen molar-refractivity contribution in [1.29, 1.82) is 0 Å². The summed E-state index contributed by atoms with van der Waals surface area (Å²) in [6, 6.07) is 21.0. The zero-order chi connectivity index (χ0) is 27.3. The zero-order valence-corrected chi connectivity index (χ0v) is 22.6. The third kappa shape index (κ3) is 5.53. The molecule has 7 nitrogen and oxygen atoms in total. The van der Waals surface area contributed by atoms with Crippen LogP contribution < -0.4 is 15.4 Å². The highest BCUT2D eigenvalue weighted by Gasteiger charge is 2.40. The molecule has 1 aliphatic rings. The molecule has 0 radical (unpaired) electrons. The molecule has 2 aromatic carbocycles. The molecule has 1 fully saturated rings. The van der Waals surface area contributed by atoms with Crippen molar-refractivity contribution in [3.05, 3.63) is 95.9 Å². The number of hydrogen-bond acceptors (Lipinski definition) is 4. The minimum Gasteiger partial charge on any atom is -0.496 e. The second kappa shape index (κ2) is 11.3. The zero-order valence-electron chi connectivity index (χ0n) is 22.6. The van der Waals surface area contributed by atoms with Crippen molar-refractivity contribution in [3.8, 4) is 5.75 Å². The molecule has 202 valence electrons. The lowest BCUT2D eigenvalue weighted by Crippen LogP contribution is -2.59. The van der Waals surface area contributed by atoms with Crippen LogP contribution >= 0.6 is 0 Å². The number of hydrogen-bond donors (Lipinski definition) is 3. The fourth-order valence-electron chi connectivity index (χ4n) is 5.86. The summed E-state index contributed by atoms with van der Waals surface area (Å²) >= 11 is 0. The maximum atomic E-state index is 14.1. The Morgan fingerprint density at radius 2 is 1.74 bits per heavy atom. The Labute approximate surface area is 229 Å². The van der Waals surface area contributed by atoms with Crippen LogP contribution in [-0.2, 0) is 16.6 Å². The summed E-state index contributed by atoms with van der Waals surface area (Å²) in [4.78, 5) is 35.6. The Morgan fingerprint density at radius 3 is 2.51 bits per heavy atom. The van der Waals surface area contributed by atoms with Gasteiger partial charge >= 0.3 is 0 Å². The van der Waals surface area contributed by atoms with Gasteiger partial charge < -0.3 is 20.4 Å². The molecule has 7 heteroatoms. The summed E-state index contributed by atoms with van der Waals surface area (Å²) in [5.74, 6) is -0.125. The van der Waals surface area contributed by atoms with Crippen LogP contribution in [0.1, 0.15) is 60.6 Å². The van der Waals surface area contributed by atoms with Crippen molar-refractivity contribution in [3.63, 3.8) is 0 Å². The second-order valence-corrected chi connectivity index (χ2v) is 10.8. The highest BCUT2D eigenvalue weighted by atomic mass is 16.5. The summed E-state index contributed by atoms with van der Waals surface area (Å²) < 4.78 is 5.42. The molecule has 1 saturated carbocycles. The van der Waals surface area contributed by atoms with Crippen molar-refractivity contribution in [1.82, 2.24) is 20.6 Å². The number of amides is 2. The molecule has 0 unspecified atom stereocenters. The number of aromatic nitrogens is 2. The number of carbonyl (C=O) groups excluding carboxylic acids is 2. The molecule has 0 spiro atoms. The Hall–Kier alpha value is -4.13. The first-order valence-electron chi connectivity index (χ1n) is 13.6. The van der Waals surface area contributed by atoms with Gasteiger partial charge in [-0.3, -0.25) is 14.6 Å². The van der Waals surface area contributed by atoms with E-state index >= 15 is 0 Å². The van der Waals surface area contributed by atoms with E-state index in [9.17, 15) is 9.59 Å². The predicted molar refractivity (Wildman–Crippen MR) is 153 cm³/mol. The lowest BCUT2D eigenvalue weighted by molar-refractivity contribution is -0.127. The maximum Gasteiger partial charge on any atom is 0.255 e. The van der Waals surface area contributed by atoms with Crippen LogP contribution in [-0.4, -0.2) is 41.0 Å². The van der Waals surface area contributed by atoms with Gasteiger partial charge in [0.1, 0.15) is 11.3 Å². The van der Waals surface area contributed by atoms with Gasteiger partial charge in [0.25, 0.3) is 5.91 Å². The number of nitrogens with zero attached hydrogens (tertiary/aromatic N) is 1. The van der Waals surface area contributed by atoms with Gasteiger partial charge in [0.05, 0.1) is 12.7 Å². The van der Waals surface area contributed by atoms with Gasteiger partial charge in [-0.1, -0.05) is 55.7 Å². The van der Waals surface area contributed by atoms with E-state index in [0.29, 0.717) is 24.3 Å². The average molecular weight is 525 g/mol. The van der Waals surface area contributed by atoms with Gasteiger partial charge in [-0.25, -0.2) is 0 Å². The molecular weight excluding hydrogens is 488 g/mol. The molecule has 5 rings (SSSR count). The van der Waals surface area contributed by atoms with Gasteiger partial charge in [0.15, 0.2) is 0 Å². The van der Waals surface area contributed by atoms with Gasteiger partial charge in [0.2, 0.25) is 5.91 Å². The standard InChI is InChI=1S/C32H36N4O3/c1-31(20-23-21-34-26-14-6-4-12-24(23)26,36-29(37)25-13-5-7-15-27(25)39-2)30(38)35-22-32(17-9-3-10-18-32)28-16-8-11-19-33-28/h4-8,11-16,19,21,34H,3,9-10,17-18,20,22H2,1-2H3,(H,35,38)(H,36,37)/t31-/m0/s1. The Morgan fingerprint density at radius 1 is 1.00 bits per heavy atom. The number of aromatic amines is 1. The number of fused-ring (bicyclic) bond motifs is 1. The molecule has 0 bridgehead atoms. The smallest absolute Gasteiger partial charge is 0.255 e. The quantitative estimate of drug-likeness (QED) is 0.276. The molecular formula is C32H36N4O3. The molecule has 1 aliphatic carbocycles. The van der Waals surface area contributed by atoms with Crippen molar-refractivity contribution in [2.24, 2.45) is 0 Å². The molecule has 4 aromatic rings. The van der Waals surface area contributed by atoms with Gasteiger partial charge in [-0.05, 0) is 55.7 Å². The van der Waals surface area contributed by atoms with Crippen LogP contribution in [0, 0.1) is 0 Å². The SMILES string of the molecule is COc1ccccc1C(=O)N[C@@](C)(Cc1c[nH]c2ccccc12)C(=O)NCC1(c2ccccn2)CCCCC1. The first kappa shape index (κ1) is 26.5. The minimum absolute atomic E-state index is 0.219. The topological polar surface area (TPSA) is 96.1 Å². The first-order valence-corrected chi connectivity index (χ1v) is 13.6. The third-order valence-corrected chi connectivity index (χ3v) is 8.07. The lowest BCUT2D eigenvalue weighted by atomic mass is 9.71. The van der Waals surface area contributed by atoms with Crippen LogP contribution in [0.5, 0.6) is 5.75 Å². The number of H-pyrrole nitrogens is 1. The third-order valence-electron chi connectivity index (χ3n) is 8.07. The molecule has 2 amide bonds. The molecule has 1 atom stereocenters. The predicted octanol–water partition coefficient (Wildman–Crippen LogP) is 5.32. The lowest BCUT2D eigenvalue weighted by Gasteiger charge is -2.38. The van der Waals surface area contributed by atoms with Crippen LogP contribution in [0.15, 0.2) is 79.1 Å². The van der Waals surface area contributed by atoms with Crippen LogP contribution in [0.25, 0.3) is 10.9 Å². The highest BCUT2D eigenvalue weighted by molar-refractivity contribution is 6.01. The molecule has 39 heavy (non-hydrogen) atoms. The number of carbonyl (C=O) groups is 2. The Bertz CT molecular complexity index is 1440. The number of para-hydroxylation sites is 2. The normalized spacial score (nSPS) is 16.3. The van der Waals surface area contributed by atoms with E-state index in [1.54, 1.807) is 25.1 Å². The summed E-state index contributed by atoms with van der Waals surface area (Å²) in [6.07, 6.45) is 9.39. The summed E-state index contributed by atoms with van der Waals surface area (Å²) in [5.41, 5.74) is 1.91. The molecule has 2 heterocycles. The summed E-state index contributed by atoms with van der Waals surface area (Å²) in [6.45, 7) is 2.27. The largest absolute Gasteiger partial charge is 0.496 e. The molecule has 0 saturated heterocycles. The number of pyridine rings is 1. The second-order valence-electron chi connectivity index (χ2n) is 10.8. The van der Waals surface area contributed by atoms with Crippen LogP contribution in [0.2, 0.25) is 0 Å². The van der Waals surface area contributed by atoms with E-state index in [0.717, 1.165) is 47.8 Å². The van der Waals surface area contributed by atoms with Gasteiger partial charge in [-0.15, -0.1) is 0 Å². The van der Waals surface area contributed by atoms with E-state index < -0.39 is 5.54 Å². The number of rotatable bonds is 9. The van der Waals surface area contributed by atoms with Crippen molar-refractivity contribution in [2.75, 3.05) is 13.7 Å².